The molecule has 1 saturated heterocycles. The number of amides is 7. The number of urea groups is 1. The molecule has 1 atom stereocenters. The van der Waals surface area contributed by atoms with Gasteiger partial charge in [0.1, 0.15) is 30.3 Å². The van der Waals surface area contributed by atoms with Gasteiger partial charge >= 0.3 is 6.03 Å². The lowest BCUT2D eigenvalue weighted by molar-refractivity contribution is -0.136. The zero-order valence-electron chi connectivity index (χ0n) is 38.4. The summed E-state index contributed by atoms with van der Waals surface area (Å²) in [5.41, 5.74) is 4.22. The molecule has 8 rings (SSSR count). The summed E-state index contributed by atoms with van der Waals surface area (Å²) in [6, 6.07) is 30.6. The zero-order valence-corrected chi connectivity index (χ0v) is 38.4. The predicted octanol–water partition coefficient (Wildman–Crippen LogP) is 5.93. The summed E-state index contributed by atoms with van der Waals surface area (Å²) in [6.45, 7) is 1.49. The van der Waals surface area contributed by atoms with E-state index in [0.717, 1.165) is 58.8 Å². The van der Waals surface area contributed by atoms with Crippen LogP contribution in [0.3, 0.4) is 0 Å². The van der Waals surface area contributed by atoms with Gasteiger partial charge in [0.2, 0.25) is 17.7 Å². The number of pyridine rings is 2. The maximum absolute atomic E-state index is 13.9. The Bertz CT molecular complexity index is 2710. The third-order valence-corrected chi connectivity index (χ3v) is 12.3. The molecule has 4 heterocycles. The third kappa shape index (κ3) is 12.1. The van der Waals surface area contributed by atoms with Crippen LogP contribution in [0, 0.1) is 11.3 Å². The molecule has 7 amide bonds. The predicted molar refractivity (Wildman–Crippen MR) is 257 cm³/mol. The molecule has 0 spiro atoms. The van der Waals surface area contributed by atoms with Crippen LogP contribution < -0.4 is 35.6 Å². The Hall–Kier alpha value is -8.17. The molecule has 2 aliphatic heterocycles. The van der Waals surface area contributed by atoms with Crippen LogP contribution in [-0.4, -0.2) is 102 Å². The Morgan fingerprint density at radius 1 is 0.771 bits per heavy atom. The molecule has 1 saturated carbocycles. The van der Waals surface area contributed by atoms with Gasteiger partial charge in [-0.3, -0.25) is 39.1 Å². The highest BCUT2D eigenvalue weighted by molar-refractivity contribution is 6.24. The normalized spacial score (nSPS) is 17.5. The number of carbonyl (C=O) groups is 6. The van der Waals surface area contributed by atoms with Gasteiger partial charge in [0.15, 0.2) is 6.61 Å². The van der Waals surface area contributed by atoms with E-state index in [1.54, 1.807) is 24.5 Å². The fourth-order valence-electron chi connectivity index (χ4n) is 8.70. The molecular weight excluding hydrogens is 895 g/mol. The minimum absolute atomic E-state index is 0.00520. The fourth-order valence-corrected chi connectivity index (χ4v) is 8.70. The number of carbonyl (C=O) groups excluding carboxylic acids is 6. The number of benzene rings is 3. The second-order valence-corrected chi connectivity index (χ2v) is 17.1. The number of unbranched alkanes of at least 4 members (excludes halogenated alkanes) is 1. The van der Waals surface area contributed by atoms with Gasteiger partial charge in [-0.1, -0.05) is 48.5 Å². The number of nitrogens with one attached hydrogen (secondary N) is 4. The first-order chi connectivity index (χ1) is 34.1. The van der Waals surface area contributed by atoms with E-state index in [1.165, 1.54) is 18.2 Å². The molecule has 0 bridgehead atoms. The van der Waals surface area contributed by atoms with Crippen LogP contribution >= 0.6 is 0 Å². The van der Waals surface area contributed by atoms with Crippen molar-refractivity contribution in [3.05, 3.63) is 132 Å². The van der Waals surface area contributed by atoms with Crippen molar-refractivity contribution in [1.29, 1.82) is 5.26 Å². The SMILES string of the molecule is N#Cc1ccc(N[C@H]2CC[C@H](N(C(=O)NCc3ccccc3)c3ccc(-c4ccc(OCCOCCCCNC(=O)COc5cccc6c5C(=O)N(C5CCC(=O)NC5=O)C6=O)nc4)cc3)CC2)nc1. The van der Waals surface area contributed by atoms with Gasteiger partial charge in [-0.05, 0) is 98.5 Å². The second kappa shape index (κ2) is 23.2. The second-order valence-electron chi connectivity index (χ2n) is 17.1. The van der Waals surface area contributed by atoms with E-state index in [2.05, 4.69) is 37.3 Å². The van der Waals surface area contributed by atoms with Crippen LogP contribution in [0.15, 0.2) is 109 Å². The average molecular weight is 948 g/mol. The smallest absolute Gasteiger partial charge is 0.322 e. The summed E-state index contributed by atoms with van der Waals surface area (Å²) in [6.07, 6.45) is 7.99. The number of hydrogen-bond donors (Lipinski definition) is 4. The zero-order chi connectivity index (χ0) is 48.8. The summed E-state index contributed by atoms with van der Waals surface area (Å²) < 4.78 is 17.2. The Kier molecular flexibility index (Phi) is 16.0. The lowest BCUT2D eigenvalue weighted by atomic mass is 9.89. The maximum Gasteiger partial charge on any atom is 0.322 e. The molecule has 2 aromatic heterocycles. The van der Waals surface area contributed by atoms with Crippen LogP contribution in [0.25, 0.3) is 11.1 Å². The molecule has 1 aliphatic carbocycles. The van der Waals surface area contributed by atoms with Crippen LogP contribution in [0.1, 0.15) is 83.2 Å². The number of rotatable bonds is 20. The first kappa shape index (κ1) is 48.3. The molecule has 3 aromatic carbocycles. The van der Waals surface area contributed by atoms with Crippen molar-refractivity contribution in [3.63, 3.8) is 0 Å². The number of aromatic nitrogens is 2. The van der Waals surface area contributed by atoms with Crippen molar-refractivity contribution in [2.24, 2.45) is 0 Å². The van der Waals surface area contributed by atoms with E-state index in [1.807, 2.05) is 71.6 Å². The van der Waals surface area contributed by atoms with E-state index >= 15 is 0 Å². The quantitative estimate of drug-likeness (QED) is 0.0524. The Morgan fingerprint density at radius 3 is 2.30 bits per heavy atom. The van der Waals surface area contributed by atoms with Crippen molar-refractivity contribution >= 4 is 47.1 Å². The maximum atomic E-state index is 13.9. The summed E-state index contributed by atoms with van der Waals surface area (Å²) in [5, 5.41) is 20.7. The van der Waals surface area contributed by atoms with Crippen LogP contribution in [0.2, 0.25) is 0 Å². The Morgan fingerprint density at radius 2 is 1.57 bits per heavy atom. The van der Waals surface area contributed by atoms with Gasteiger partial charge in [0.25, 0.3) is 17.7 Å². The van der Waals surface area contributed by atoms with Gasteiger partial charge in [0, 0.05) is 67.9 Å². The number of nitriles is 1. The minimum Gasteiger partial charge on any atom is -0.483 e. The summed E-state index contributed by atoms with van der Waals surface area (Å²) in [7, 11) is 0. The number of fused-ring (bicyclic) bond motifs is 1. The Labute approximate surface area is 404 Å². The topological polar surface area (TPSA) is 234 Å². The number of ether oxygens (including phenoxy) is 3. The summed E-state index contributed by atoms with van der Waals surface area (Å²) in [5.74, 6) is -1.71. The molecule has 4 N–H and O–H groups in total. The summed E-state index contributed by atoms with van der Waals surface area (Å²) in [4.78, 5) is 88.3. The molecule has 5 aromatic rings. The number of piperidine rings is 1. The van der Waals surface area contributed by atoms with Gasteiger partial charge in [-0.25, -0.2) is 14.8 Å². The van der Waals surface area contributed by atoms with Crippen molar-refractivity contribution in [2.75, 3.05) is 43.2 Å². The number of imide groups is 2. The largest absolute Gasteiger partial charge is 0.483 e. The highest BCUT2D eigenvalue weighted by Gasteiger charge is 2.46. The van der Waals surface area contributed by atoms with Crippen molar-refractivity contribution < 1.29 is 43.0 Å². The average Bonchev–Trinajstić information content (AvgIpc) is 3.64. The lowest BCUT2D eigenvalue weighted by Gasteiger charge is -2.37. The fraction of sp³-hybridized carbons (Fsp3) is 0.327. The van der Waals surface area contributed by atoms with Gasteiger partial charge < -0.3 is 30.2 Å². The molecular formula is C52H53N9O9. The minimum atomic E-state index is -1.10. The van der Waals surface area contributed by atoms with Gasteiger partial charge in [-0.2, -0.15) is 5.26 Å². The van der Waals surface area contributed by atoms with Crippen LogP contribution in [0.5, 0.6) is 11.6 Å². The molecule has 18 heteroatoms. The summed E-state index contributed by atoms with van der Waals surface area (Å²) >= 11 is 0. The van der Waals surface area contributed by atoms with Gasteiger partial charge in [0.05, 0.1) is 23.3 Å². The first-order valence-corrected chi connectivity index (χ1v) is 23.4. The lowest BCUT2D eigenvalue weighted by Crippen LogP contribution is -2.54. The molecule has 18 nitrogen and oxygen atoms in total. The highest BCUT2D eigenvalue weighted by atomic mass is 16.5. The monoisotopic (exact) mass is 947 g/mol. The van der Waals surface area contributed by atoms with E-state index < -0.39 is 35.6 Å². The van der Waals surface area contributed by atoms with Crippen molar-refractivity contribution in [1.82, 2.24) is 30.8 Å². The van der Waals surface area contributed by atoms with E-state index in [-0.39, 0.29) is 54.4 Å². The molecule has 2 fully saturated rings. The molecule has 0 radical (unpaired) electrons. The molecule has 70 heavy (non-hydrogen) atoms. The van der Waals surface area contributed by atoms with E-state index in [0.29, 0.717) is 57.2 Å². The van der Waals surface area contributed by atoms with E-state index in [9.17, 15) is 28.8 Å². The van der Waals surface area contributed by atoms with Crippen LogP contribution in [-0.2, 0) is 25.7 Å². The number of nitrogens with zero attached hydrogens (tertiary/aromatic N) is 5. The molecule has 360 valence electrons. The van der Waals surface area contributed by atoms with E-state index in [4.69, 9.17) is 19.5 Å². The Balaban J connectivity index is 0.737. The number of hydrogen-bond acceptors (Lipinski definition) is 13. The highest BCUT2D eigenvalue weighted by Crippen LogP contribution is 2.34. The van der Waals surface area contributed by atoms with Crippen LogP contribution in [0.4, 0.5) is 16.3 Å². The van der Waals surface area contributed by atoms with Gasteiger partial charge in [-0.15, -0.1) is 0 Å². The standard InChI is InChI=1S/C52H53N9O9/c53-29-35-11-22-44(55-31-35)58-38-15-19-40(20-16-38)60(52(67)57-30-34-7-2-1-3-8-34)39-17-12-36(13-18-39)37-14-24-47(56-32-37)69-28-27-68-26-5-4-25-54-46(63)33-70-43-10-6-9-41-48(43)51(66)61(50(41)65)42-21-23-45(62)59-49(42)64/h1-3,6-14,17-18,22,24,31-32,38,40,42H,4-5,15-16,19-21,23,25-28,30,33H2,(H,54,63)(H,55,58)(H,57,67)(H,59,62,64)/t38-,40-,42?. The van der Waals surface area contributed by atoms with Crippen molar-refractivity contribution in [2.45, 2.75) is 76.0 Å². The molecule has 3 aliphatic rings. The molecule has 1 unspecified atom stereocenters. The number of anilines is 2. The first-order valence-electron chi connectivity index (χ1n) is 23.4. The third-order valence-electron chi connectivity index (χ3n) is 12.3. The van der Waals surface area contributed by atoms with Crippen molar-refractivity contribution in [3.8, 4) is 28.8 Å².